The maximum Gasteiger partial charge on any atom is 0.274 e. The monoisotopic (exact) mass is 296 g/mol. The van der Waals surface area contributed by atoms with Crippen molar-refractivity contribution >= 4 is 33.8 Å². The van der Waals surface area contributed by atoms with E-state index in [9.17, 15) is 19.3 Å². The molecule has 20 heavy (non-hydrogen) atoms. The summed E-state index contributed by atoms with van der Waals surface area (Å²) >= 11 is 1.20. The van der Waals surface area contributed by atoms with Gasteiger partial charge in [0.15, 0.2) is 5.13 Å². The van der Waals surface area contributed by atoms with E-state index >= 15 is 0 Å². The van der Waals surface area contributed by atoms with E-state index < -0.39 is 22.3 Å². The first kappa shape index (κ1) is 13.9. The molecule has 9 heteroatoms. The molecular weight excluding hydrogens is 287 g/mol. The van der Waals surface area contributed by atoms with E-state index in [4.69, 9.17) is 5.73 Å². The third-order valence-corrected chi connectivity index (χ3v) is 3.01. The minimum Gasteiger partial charge on any atom is -0.375 e. The lowest BCUT2D eigenvalue weighted by molar-refractivity contribution is -0.385. The molecule has 0 bridgehead atoms. The fourth-order valence-corrected chi connectivity index (χ4v) is 2.09. The van der Waals surface area contributed by atoms with Gasteiger partial charge < -0.3 is 11.1 Å². The molecule has 0 fully saturated rings. The highest BCUT2D eigenvalue weighted by molar-refractivity contribution is 7.13. The topological polar surface area (TPSA) is 111 Å². The number of hydrogen-bond donors (Lipinski definition) is 2. The molecule has 1 aromatic heterocycles. The molecule has 3 N–H and O–H groups in total. The van der Waals surface area contributed by atoms with Crippen LogP contribution in [0.1, 0.15) is 5.69 Å². The number of carbonyl (C=O) groups is 1. The zero-order valence-corrected chi connectivity index (χ0v) is 10.8. The van der Waals surface area contributed by atoms with Gasteiger partial charge in [-0.1, -0.05) is 0 Å². The smallest absolute Gasteiger partial charge is 0.274 e. The first-order valence-corrected chi connectivity index (χ1v) is 6.27. The highest BCUT2D eigenvalue weighted by Crippen LogP contribution is 2.20. The molecule has 104 valence electrons. The average Bonchev–Trinajstić information content (AvgIpc) is 2.73. The molecule has 1 amide bonds. The predicted molar refractivity (Wildman–Crippen MR) is 71.9 cm³/mol. The largest absolute Gasteiger partial charge is 0.375 e. The van der Waals surface area contributed by atoms with Gasteiger partial charge in [0.1, 0.15) is 5.82 Å². The first-order valence-electron chi connectivity index (χ1n) is 5.39. The standard InChI is InChI=1S/C11H9FN4O3S/c12-6-1-7(3-9(2-6)16(18)19)14-10(17)4-8-5-20-11(13)15-8/h1-3,5H,4H2,(H2,13,15)(H,14,17). The lowest BCUT2D eigenvalue weighted by atomic mass is 10.2. The van der Waals surface area contributed by atoms with Crippen LogP contribution in [0.15, 0.2) is 23.6 Å². The van der Waals surface area contributed by atoms with Gasteiger partial charge in [0.05, 0.1) is 28.8 Å². The molecule has 0 aliphatic heterocycles. The van der Waals surface area contributed by atoms with Gasteiger partial charge in [-0.3, -0.25) is 14.9 Å². The van der Waals surface area contributed by atoms with Crippen LogP contribution < -0.4 is 11.1 Å². The molecule has 0 saturated carbocycles. The van der Waals surface area contributed by atoms with Crippen LogP contribution in [0.5, 0.6) is 0 Å². The summed E-state index contributed by atoms with van der Waals surface area (Å²) in [7, 11) is 0. The minimum atomic E-state index is -0.799. The first-order chi connectivity index (χ1) is 9.44. The number of halogens is 1. The van der Waals surface area contributed by atoms with E-state index in [0.717, 1.165) is 18.2 Å². The summed E-state index contributed by atoms with van der Waals surface area (Å²) in [6.07, 6.45) is -0.0436. The van der Waals surface area contributed by atoms with Gasteiger partial charge in [-0.15, -0.1) is 11.3 Å². The third kappa shape index (κ3) is 3.48. The summed E-state index contributed by atoms with van der Waals surface area (Å²) in [5.74, 6) is -1.26. The van der Waals surface area contributed by atoms with Crippen molar-refractivity contribution in [3.8, 4) is 0 Å². The Kier molecular flexibility index (Phi) is 3.89. The van der Waals surface area contributed by atoms with Crippen molar-refractivity contribution < 1.29 is 14.1 Å². The molecular formula is C11H9FN4O3S. The Bertz CT molecular complexity index is 673. The number of nitro benzene ring substituents is 1. The Hall–Kier alpha value is -2.55. The molecule has 7 nitrogen and oxygen atoms in total. The number of amides is 1. The zero-order chi connectivity index (χ0) is 14.7. The lowest BCUT2D eigenvalue weighted by Crippen LogP contribution is -2.15. The van der Waals surface area contributed by atoms with E-state index in [1.807, 2.05) is 0 Å². The Morgan fingerprint density at radius 3 is 2.85 bits per heavy atom. The second-order valence-corrected chi connectivity index (χ2v) is 4.75. The van der Waals surface area contributed by atoms with E-state index in [2.05, 4.69) is 10.3 Å². The number of hydrogen-bond acceptors (Lipinski definition) is 6. The molecule has 1 aromatic carbocycles. The van der Waals surface area contributed by atoms with E-state index in [0.29, 0.717) is 10.8 Å². The van der Waals surface area contributed by atoms with Crippen LogP contribution in [0, 0.1) is 15.9 Å². The van der Waals surface area contributed by atoms with Crippen molar-refractivity contribution in [2.24, 2.45) is 0 Å². The van der Waals surface area contributed by atoms with Crippen molar-refractivity contribution in [3.05, 3.63) is 45.2 Å². The van der Waals surface area contributed by atoms with Crippen molar-refractivity contribution in [1.29, 1.82) is 0 Å². The summed E-state index contributed by atoms with van der Waals surface area (Å²) in [6.45, 7) is 0. The molecule has 2 aromatic rings. The van der Waals surface area contributed by atoms with Gasteiger partial charge >= 0.3 is 0 Å². The number of carbonyl (C=O) groups excluding carboxylic acids is 1. The molecule has 0 atom stereocenters. The lowest BCUT2D eigenvalue weighted by Gasteiger charge is -2.04. The van der Waals surface area contributed by atoms with Crippen molar-refractivity contribution in [1.82, 2.24) is 4.98 Å². The number of nitrogens with zero attached hydrogens (tertiary/aromatic N) is 2. The van der Waals surface area contributed by atoms with Crippen LogP contribution >= 0.6 is 11.3 Å². The minimum absolute atomic E-state index is 0.0184. The van der Waals surface area contributed by atoms with Gasteiger partial charge in [-0.25, -0.2) is 9.37 Å². The summed E-state index contributed by atoms with van der Waals surface area (Å²) in [5.41, 5.74) is 5.50. The Morgan fingerprint density at radius 2 is 2.25 bits per heavy atom. The Morgan fingerprint density at radius 1 is 1.50 bits per heavy atom. The van der Waals surface area contributed by atoms with Crippen molar-refractivity contribution in [3.63, 3.8) is 0 Å². The quantitative estimate of drug-likeness (QED) is 0.661. The number of nitrogens with two attached hydrogens (primary N) is 1. The highest BCUT2D eigenvalue weighted by atomic mass is 32.1. The molecule has 0 spiro atoms. The molecule has 1 heterocycles. The second kappa shape index (κ2) is 5.61. The van der Waals surface area contributed by atoms with Gasteiger partial charge in [0.2, 0.25) is 5.91 Å². The maximum absolute atomic E-state index is 13.2. The summed E-state index contributed by atoms with van der Waals surface area (Å²) in [6, 6.07) is 2.85. The Balaban J connectivity index is 2.09. The number of thiazole rings is 1. The summed E-state index contributed by atoms with van der Waals surface area (Å²) in [4.78, 5) is 25.5. The Labute approximate surface area is 116 Å². The average molecular weight is 296 g/mol. The SMILES string of the molecule is Nc1nc(CC(=O)Nc2cc(F)cc([N+](=O)[O-])c2)cs1. The number of nitrogens with one attached hydrogen (secondary N) is 1. The van der Waals surface area contributed by atoms with Crippen LogP contribution in [0.3, 0.4) is 0 Å². The van der Waals surface area contributed by atoms with Crippen LogP contribution in [-0.4, -0.2) is 15.8 Å². The third-order valence-electron chi connectivity index (χ3n) is 2.29. The number of aromatic nitrogens is 1. The number of nitro groups is 1. The van der Waals surface area contributed by atoms with Crippen LogP contribution in [0.2, 0.25) is 0 Å². The number of non-ortho nitro benzene ring substituents is 1. The molecule has 0 unspecified atom stereocenters. The summed E-state index contributed by atoms with van der Waals surface area (Å²) < 4.78 is 13.2. The van der Waals surface area contributed by atoms with E-state index in [1.54, 1.807) is 5.38 Å². The number of anilines is 2. The van der Waals surface area contributed by atoms with Gasteiger partial charge in [0, 0.05) is 11.4 Å². The van der Waals surface area contributed by atoms with E-state index in [-0.39, 0.29) is 12.1 Å². The zero-order valence-electron chi connectivity index (χ0n) is 10.00. The molecule has 0 aliphatic carbocycles. The van der Waals surface area contributed by atoms with Crippen LogP contribution in [0.4, 0.5) is 20.9 Å². The molecule has 2 rings (SSSR count). The molecule has 0 saturated heterocycles. The van der Waals surface area contributed by atoms with Crippen LogP contribution in [-0.2, 0) is 11.2 Å². The molecule has 0 radical (unpaired) electrons. The fraction of sp³-hybridized carbons (Fsp3) is 0.0909. The highest BCUT2D eigenvalue weighted by Gasteiger charge is 2.12. The molecule has 0 aliphatic rings. The number of benzene rings is 1. The second-order valence-electron chi connectivity index (χ2n) is 3.86. The van der Waals surface area contributed by atoms with Crippen molar-refractivity contribution in [2.45, 2.75) is 6.42 Å². The van der Waals surface area contributed by atoms with Crippen LogP contribution in [0.25, 0.3) is 0 Å². The normalized spacial score (nSPS) is 10.2. The van der Waals surface area contributed by atoms with Gasteiger partial charge in [-0.2, -0.15) is 0 Å². The fourth-order valence-electron chi connectivity index (χ4n) is 1.53. The maximum atomic E-state index is 13.2. The van der Waals surface area contributed by atoms with E-state index in [1.165, 1.54) is 11.3 Å². The predicted octanol–water partition coefficient (Wildman–Crippen LogP) is 1.95. The summed E-state index contributed by atoms with van der Waals surface area (Å²) in [5, 5.41) is 14.9. The number of rotatable bonds is 4. The number of nitrogen functional groups attached to an aromatic ring is 1. The van der Waals surface area contributed by atoms with Crippen molar-refractivity contribution in [2.75, 3.05) is 11.1 Å². The van der Waals surface area contributed by atoms with Gasteiger partial charge in [0.25, 0.3) is 5.69 Å². The van der Waals surface area contributed by atoms with Gasteiger partial charge in [-0.05, 0) is 6.07 Å².